The highest BCUT2D eigenvalue weighted by Gasteiger charge is 2.16. The van der Waals surface area contributed by atoms with E-state index in [1.807, 2.05) is 0 Å². The number of carbonyl (C=O) groups is 1. The number of amides is 1. The molecule has 0 unspecified atom stereocenters. The van der Waals surface area contributed by atoms with Gasteiger partial charge in [0.15, 0.2) is 0 Å². The first-order valence-corrected chi connectivity index (χ1v) is 7.30. The second-order valence-electron chi connectivity index (χ2n) is 5.42. The lowest BCUT2D eigenvalue weighted by Gasteiger charge is -2.11. The maximum absolute atomic E-state index is 11.9. The quantitative estimate of drug-likeness (QED) is 0.840. The molecule has 1 amide bonds. The zero-order valence-electron chi connectivity index (χ0n) is 12.0. The van der Waals surface area contributed by atoms with Gasteiger partial charge in [-0.1, -0.05) is 25.7 Å². The first-order chi connectivity index (χ1) is 9.72. The van der Waals surface area contributed by atoms with Gasteiger partial charge in [0, 0.05) is 17.7 Å². The monoisotopic (exact) mass is 277 g/mol. The minimum atomic E-state index is -0.102. The van der Waals surface area contributed by atoms with Gasteiger partial charge in [-0.15, -0.1) is 0 Å². The largest absolute Gasteiger partial charge is 0.496 e. The van der Waals surface area contributed by atoms with Crippen molar-refractivity contribution in [3.8, 4) is 5.75 Å². The van der Waals surface area contributed by atoms with Gasteiger partial charge >= 0.3 is 0 Å². The Bertz CT molecular complexity index is 453. The van der Waals surface area contributed by atoms with Gasteiger partial charge in [-0.2, -0.15) is 0 Å². The third-order valence-electron chi connectivity index (χ3n) is 3.99. The maximum atomic E-state index is 11.9. The van der Waals surface area contributed by atoms with Crippen molar-refractivity contribution in [1.29, 1.82) is 0 Å². The summed E-state index contributed by atoms with van der Waals surface area (Å²) in [5, 5.41) is 12.1. The summed E-state index contributed by atoms with van der Waals surface area (Å²) in [4.78, 5) is 11.9. The molecule has 0 atom stereocenters. The second-order valence-corrected chi connectivity index (χ2v) is 5.42. The van der Waals surface area contributed by atoms with Crippen molar-refractivity contribution >= 4 is 11.6 Å². The summed E-state index contributed by atoms with van der Waals surface area (Å²) in [6.07, 6.45) is 6.71. The number of rotatable bonds is 6. The van der Waals surface area contributed by atoms with Crippen LogP contribution in [0.3, 0.4) is 0 Å². The molecule has 1 aromatic rings. The summed E-state index contributed by atoms with van der Waals surface area (Å²) in [5.41, 5.74) is 1.40. The smallest absolute Gasteiger partial charge is 0.224 e. The van der Waals surface area contributed by atoms with Gasteiger partial charge in [0.25, 0.3) is 0 Å². The number of methoxy groups -OCH3 is 1. The Kier molecular flexibility index (Phi) is 5.41. The summed E-state index contributed by atoms with van der Waals surface area (Å²) >= 11 is 0. The first-order valence-electron chi connectivity index (χ1n) is 7.30. The molecule has 110 valence electrons. The molecular weight excluding hydrogens is 254 g/mol. The van der Waals surface area contributed by atoms with Crippen LogP contribution in [-0.4, -0.2) is 18.1 Å². The van der Waals surface area contributed by atoms with E-state index in [-0.39, 0.29) is 12.5 Å². The number of aliphatic hydroxyl groups is 1. The van der Waals surface area contributed by atoms with Gasteiger partial charge in [-0.3, -0.25) is 4.79 Å². The molecule has 4 nitrogen and oxygen atoms in total. The highest BCUT2D eigenvalue weighted by atomic mass is 16.5. The van der Waals surface area contributed by atoms with E-state index in [2.05, 4.69) is 5.32 Å². The van der Waals surface area contributed by atoms with Crippen LogP contribution < -0.4 is 10.1 Å². The van der Waals surface area contributed by atoms with Crippen molar-refractivity contribution in [2.24, 2.45) is 5.92 Å². The van der Waals surface area contributed by atoms with Crippen molar-refractivity contribution in [1.82, 2.24) is 0 Å². The van der Waals surface area contributed by atoms with E-state index in [0.717, 1.165) is 12.3 Å². The fraction of sp³-hybridized carbons (Fsp3) is 0.562. The van der Waals surface area contributed by atoms with E-state index < -0.39 is 0 Å². The molecule has 1 fully saturated rings. The molecule has 20 heavy (non-hydrogen) atoms. The van der Waals surface area contributed by atoms with Crippen molar-refractivity contribution in [2.45, 2.75) is 45.1 Å². The van der Waals surface area contributed by atoms with Crippen molar-refractivity contribution in [2.75, 3.05) is 12.4 Å². The average Bonchev–Trinajstić information content (AvgIpc) is 2.98. The third kappa shape index (κ3) is 3.97. The standard InChI is InChI=1S/C16H23NO3/c1-20-15-8-7-14(10-13(15)11-18)17-16(19)9-6-12-4-2-3-5-12/h7-8,10,12,18H,2-6,9,11H2,1H3,(H,17,19). The normalized spacial score (nSPS) is 15.3. The molecule has 0 bridgehead atoms. The van der Waals surface area contributed by atoms with Crippen molar-refractivity contribution in [3.05, 3.63) is 23.8 Å². The Balaban J connectivity index is 1.86. The molecule has 1 aliphatic carbocycles. The van der Waals surface area contributed by atoms with Crippen LogP contribution in [0.5, 0.6) is 5.75 Å². The minimum absolute atomic E-state index is 0.0472. The number of hydrogen-bond donors (Lipinski definition) is 2. The average molecular weight is 277 g/mol. The van der Waals surface area contributed by atoms with Gasteiger partial charge in [0.2, 0.25) is 5.91 Å². The van der Waals surface area contributed by atoms with E-state index in [9.17, 15) is 9.90 Å². The third-order valence-corrected chi connectivity index (χ3v) is 3.99. The maximum Gasteiger partial charge on any atom is 0.224 e. The fourth-order valence-corrected chi connectivity index (χ4v) is 2.84. The second kappa shape index (κ2) is 7.29. The predicted octanol–water partition coefficient (Wildman–Crippen LogP) is 3.10. The first kappa shape index (κ1) is 14.9. The number of carbonyl (C=O) groups excluding carboxylic acids is 1. The minimum Gasteiger partial charge on any atom is -0.496 e. The van der Waals surface area contributed by atoms with Crippen LogP contribution in [0.4, 0.5) is 5.69 Å². The lowest BCUT2D eigenvalue weighted by molar-refractivity contribution is -0.116. The molecular formula is C16H23NO3. The zero-order valence-corrected chi connectivity index (χ0v) is 12.0. The molecule has 1 aromatic carbocycles. The molecule has 0 spiro atoms. The predicted molar refractivity (Wildman–Crippen MR) is 78.7 cm³/mol. The van der Waals surface area contributed by atoms with E-state index in [1.54, 1.807) is 25.3 Å². The molecule has 4 heteroatoms. The van der Waals surface area contributed by atoms with Crippen LogP contribution in [0.15, 0.2) is 18.2 Å². The van der Waals surface area contributed by atoms with Crippen molar-refractivity contribution < 1.29 is 14.6 Å². The molecule has 2 N–H and O–H groups in total. The number of nitrogens with one attached hydrogen (secondary N) is 1. The highest BCUT2D eigenvalue weighted by Crippen LogP contribution is 2.28. The topological polar surface area (TPSA) is 58.6 Å². The van der Waals surface area contributed by atoms with Crippen LogP contribution in [0, 0.1) is 5.92 Å². The molecule has 0 aromatic heterocycles. The molecule has 2 rings (SSSR count). The summed E-state index contributed by atoms with van der Waals surface area (Å²) in [6.45, 7) is -0.102. The Morgan fingerprint density at radius 2 is 2.15 bits per heavy atom. The molecule has 0 radical (unpaired) electrons. The molecule has 0 heterocycles. The van der Waals surface area contributed by atoms with Gasteiger partial charge < -0.3 is 15.2 Å². The lowest BCUT2D eigenvalue weighted by Crippen LogP contribution is -2.13. The van der Waals surface area contributed by atoms with Crippen LogP contribution in [0.25, 0.3) is 0 Å². The van der Waals surface area contributed by atoms with Crippen molar-refractivity contribution in [3.63, 3.8) is 0 Å². The summed E-state index contributed by atoms with van der Waals surface area (Å²) < 4.78 is 5.14. The molecule has 1 saturated carbocycles. The number of ether oxygens (including phenoxy) is 1. The highest BCUT2D eigenvalue weighted by molar-refractivity contribution is 5.90. The van der Waals surface area contributed by atoms with Gasteiger partial charge in [0.1, 0.15) is 5.75 Å². The van der Waals surface area contributed by atoms with E-state index in [1.165, 1.54) is 25.7 Å². The summed E-state index contributed by atoms with van der Waals surface area (Å²) in [7, 11) is 1.56. The summed E-state index contributed by atoms with van der Waals surface area (Å²) in [5.74, 6) is 1.41. The van der Waals surface area contributed by atoms with E-state index >= 15 is 0 Å². The number of benzene rings is 1. The Labute approximate surface area is 120 Å². The fourth-order valence-electron chi connectivity index (χ4n) is 2.84. The van der Waals surface area contributed by atoms with Gasteiger partial charge in [0.05, 0.1) is 13.7 Å². The Morgan fingerprint density at radius 1 is 1.40 bits per heavy atom. The lowest BCUT2D eigenvalue weighted by atomic mass is 10.0. The Morgan fingerprint density at radius 3 is 2.80 bits per heavy atom. The van der Waals surface area contributed by atoms with Crippen LogP contribution in [0.2, 0.25) is 0 Å². The van der Waals surface area contributed by atoms with Gasteiger partial charge in [-0.05, 0) is 30.5 Å². The van der Waals surface area contributed by atoms with Crippen LogP contribution >= 0.6 is 0 Å². The zero-order chi connectivity index (χ0) is 14.4. The van der Waals surface area contributed by atoms with E-state index in [0.29, 0.717) is 23.4 Å². The molecule has 1 aliphatic rings. The van der Waals surface area contributed by atoms with Gasteiger partial charge in [-0.25, -0.2) is 0 Å². The molecule has 0 saturated heterocycles. The van der Waals surface area contributed by atoms with Crippen LogP contribution in [0.1, 0.15) is 44.1 Å². The number of aliphatic hydroxyl groups excluding tert-OH is 1. The summed E-state index contributed by atoms with van der Waals surface area (Å²) in [6, 6.07) is 5.32. The molecule has 0 aliphatic heterocycles. The van der Waals surface area contributed by atoms with E-state index in [4.69, 9.17) is 4.74 Å². The number of hydrogen-bond acceptors (Lipinski definition) is 3. The Hall–Kier alpha value is -1.55. The SMILES string of the molecule is COc1ccc(NC(=O)CCC2CCCC2)cc1CO. The van der Waals surface area contributed by atoms with Crippen LogP contribution in [-0.2, 0) is 11.4 Å². The number of anilines is 1.